The van der Waals surface area contributed by atoms with Crippen LogP contribution in [0.2, 0.25) is 0 Å². The molecule has 166 valence electrons. The summed E-state index contributed by atoms with van der Waals surface area (Å²) in [6.07, 6.45) is 1.02. The number of carbonyl (C=O) groups excluding carboxylic acids is 2. The van der Waals surface area contributed by atoms with Crippen molar-refractivity contribution in [3.63, 3.8) is 0 Å². The average molecular weight is 427 g/mol. The summed E-state index contributed by atoms with van der Waals surface area (Å²) in [7, 11) is 0. The Labute approximate surface area is 183 Å². The summed E-state index contributed by atoms with van der Waals surface area (Å²) in [5.41, 5.74) is 2.74. The molecule has 1 heterocycles. The molecule has 0 radical (unpaired) electrons. The van der Waals surface area contributed by atoms with Crippen LogP contribution in [0.25, 0.3) is 0 Å². The Balaban J connectivity index is 1.98. The maximum absolute atomic E-state index is 14.0. The molecule has 6 heteroatoms. The van der Waals surface area contributed by atoms with Crippen LogP contribution in [0, 0.1) is 5.82 Å². The van der Waals surface area contributed by atoms with Crippen LogP contribution in [0.3, 0.4) is 0 Å². The zero-order chi connectivity index (χ0) is 22.5. The van der Waals surface area contributed by atoms with Crippen LogP contribution in [0.15, 0.2) is 42.5 Å². The monoisotopic (exact) mass is 426 g/mol. The third-order valence-corrected chi connectivity index (χ3v) is 5.51. The van der Waals surface area contributed by atoms with Gasteiger partial charge in [-0.3, -0.25) is 9.59 Å². The fraction of sp³-hybridized carbons (Fsp3) is 0.440. The number of carbonyl (C=O) groups is 2. The molecule has 0 saturated carbocycles. The molecule has 31 heavy (non-hydrogen) atoms. The van der Waals surface area contributed by atoms with Gasteiger partial charge in [0.25, 0.3) is 5.91 Å². The van der Waals surface area contributed by atoms with Gasteiger partial charge in [0.2, 0.25) is 5.91 Å². The minimum atomic E-state index is -0.606. The average Bonchev–Trinajstić information content (AvgIpc) is 2.75. The van der Waals surface area contributed by atoms with Crippen LogP contribution in [0.4, 0.5) is 4.39 Å². The van der Waals surface area contributed by atoms with E-state index in [0.717, 1.165) is 23.1 Å². The summed E-state index contributed by atoms with van der Waals surface area (Å²) in [5, 5.41) is 2.89. The summed E-state index contributed by atoms with van der Waals surface area (Å²) < 4.78 is 20.1. The van der Waals surface area contributed by atoms with Crippen molar-refractivity contribution in [1.29, 1.82) is 0 Å². The van der Waals surface area contributed by atoms with E-state index in [2.05, 4.69) is 5.32 Å². The molecule has 2 atom stereocenters. The lowest BCUT2D eigenvalue weighted by molar-refractivity contribution is -0.133. The molecule has 0 spiro atoms. The van der Waals surface area contributed by atoms with Gasteiger partial charge in [0, 0.05) is 19.0 Å². The van der Waals surface area contributed by atoms with Crippen molar-refractivity contribution in [2.24, 2.45) is 0 Å². The van der Waals surface area contributed by atoms with Crippen LogP contribution in [0.5, 0.6) is 5.75 Å². The predicted octanol–water partition coefficient (Wildman–Crippen LogP) is 4.39. The quantitative estimate of drug-likeness (QED) is 0.714. The highest BCUT2D eigenvalue weighted by atomic mass is 19.1. The molecule has 2 amide bonds. The largest absolute Gasteiger partial charge is 0.481 e. The molecule has 2 aromatic carbocycles. The SMILES string of the molecule is CCC(=O)N1CCc2ccc(O[C@@H](CC)C(=O)NC(C)C)cc2[C@H]1c1cccc(F)c1. The molecule has 0 fully saturated rings. The van der Waals surface area contributed by atoms with Gasteiger partial charge >= 0.3 is 0 Å². The van der Waals surface area contributed by atoms with Crippen molar-refractivity contribution in [1.82, 2.24) is 10.2 Å². The van der Waals surface area contributed by atoms with E-state index in [0.29, 0.717) is 25.1 Å². The summed E-state index contributed by atoms with van der Waals surface area (Å²) in [6, 6.07) is 11.8. The molecule has 0 aromatic heterocycles. The van der Waals surface area contributed by atoms with Gasteiger partial charge in [-0.05, 0) is 67.6 Å². The van der Waals surface area contributed by atoms with Gasteiger partial charge in [0.15, 0.2) is 6.10 Å². The number of hydrogen-bond acceptors (Lipinski definition) is 3. The molecule has 1 aliphatic heterocycles. The predicted molar refractivity (Wildman–Crippen MR) is 118 cm³/mol. The number of nitrogens with one attached hydrogen (secondary N) is 1. The van der Waals surface area contributed by atoms with E-state index >= 15 is 0 Å². The molecular formula is C25H31FN2O3. The number of fused-ring (bicyclic) bond motifs is 1. The first-order valence-electron chi connectivity index (χ1n) is 11.0. The molecule has 1 aliphatic rings. The van der Waals surface area contributed by atoms with E-state index in [9.17, 15) is 14.0 Å². The van der Waals surface area contributed by atoms with Gasteiger partial charge in [-0.15, -0.1) is 0 Å². The van der Waals surface area contributed by atoms with Gasteiger partial charge in [-0.2, -0.15) is 0 Å². The highest BCUT2D eigenvalue weighted by Crippen LogP contribution is 2.38. The fourth-order valence-corrected chi connectivity index (χ4v) is 4.04. The Morgan fingerprint density at radius 1 is 1.19 bits per heavy atom. The maximum atomic E-state index is 14.0. The van der Waals surface area contributed by atoms with Crippen LogP contribution >= 0.6 is 0 Å². The summed E-state index contributed by atoms with van der Waals surface area (Å²) >= 11 is 0. The zero-order valence-corrected chi connectivity index (χ0v) is 18.7. The number of nitrogens with zero attached hydrogens (tertiary/aromatic N) is 1. The Kier molecular flexibility index (Phi) is 7.31. The number of ether oxygens (including phenoxy) is 1. The third kappa shape index (κ3) is 5.24. The number of rotatable bonds is 7. The molecule has 3 rings (SSSR count). The smallest absolute Gasteiger partial charge is 0.261 e. The Morgan fingerprint density at radius 2 is 1.97 bits per heavy atom. The van der Waals surface area contributed by atoms with Gasteiger partial charge in [-0.25, -0.2) is 4.39 Å². The molecule has 2 aromatic rings. The number of hydrogen-bond donors (Lipinski definition) is 1. The second-order valence-electron chi connectivity index (χ2n) is 8.19. The zero-order valence-electron chi connectivity index (χ0n) is 18.7. The topological polar surface area (TPSA) is 58.6 Å². The Hall–Kier alpha value is -2.89. The van der Waals surface area contributed by atoms with Crippen LogP contribution in [-0.2, 0) is 16.0 Å². The fourth-order valence-electron chi connectivity index (χ4n) is 4.04. The number of amides is 2. The molecule has 0 saturated heterocycles. The van der Waals surface area contributed by atoms with Crippen molar-refractivity contribution in [3.8, 4) is 5.75 Å². The van der Waals surface area contributed by atoms with Crippen molar-refractivity contribution in [2.75, 3.05) is 6.54 Å². The van der Waals surface area contributed by atoms with E-state index in [1.807, 2.05) is 56.9 Å². The second-order valence-corrected chi connectivity index (χ2v) is 8.19. The number of benzene rings is 2. The van der Waals surface area contributed by atoms with E-state index in [1.165, 1.54) is 12.1 Å². The van der Waals surface area contributed by atoms with E-state index in [4.69, 9.17) is 4.74 Å². The first kappa shape index (κ1) is 22.8. The summed E-state index contributed by atoms with van der Waals surface area (Å²) in [4.78, 5) is 27.0. The van der Waals surface area contributed by atoms with E-state index < -0.39 is 6.10 Å². The standard InChI is InChI=1S/C25H31FN2O3/c1-5-22(25(30)27-16(3)4)31-20-11-10-17-12-13-28(23(29)6-2)24(21(17)15-20)18-8-7-9-19(26)14-18/h7-11,14-16,22,24H,5-6,12-13H2,1-4H3,(H,27,30)/t22-,24+/m0/s1. The molecule has 0 bridgehead atoms. The van der Waals surface area contributed by atoms with Gasteiger partial charge < -0.3 is 15.0 Å². The van der Waals surface area contributed by atoms with Crippen molar-refractivity contribution in [3.05, 3.63) is 65.0 Å². The van der Waals surface area contributed by atoms with Crippen molar-refractivity contribution in [2.45, 2.75) is 65.1 Å². The normalized spacial score (nSPS) is 16.6. The molecular weight excluding hydrogens is 395 g/mol. The second kappa shape index (κ2) is 9.94. The van der Waals surface area contributed by atoms with E-state index in [-0.39, 0.29) is 29.7 Å². The Bertz CT molecular complexity index is 944. The van der Waals surface area contributed by atoms with E-state index in [1.54, 1.807) is 6.07 Å². The molecule has 1 N–H and O–H groups in total. The highest BCUT2D eigenvalue weighted by molar-refractivity contribution is 5.81. The van der Waals surface area contributed by atoms with Crippen molar-refractivity contribution < 1.29 is 18.7 Å². The lowest BCUT2D eigenvalue weighted by atomic mass is 9.87. The lowest BCUT2D eigenvalue weighted by Crippen LogP contribution is -2.41. The number of halogens is 1. The Morgan fingerprint density at radius 3 is 2.61 bits per heavy atom. The molecule has 5 nitrogen and oxygen atoms in total. The highest BCUT2D eigenvalue weighted by Gasteiger charge is 2.32. The first-order chi connectivity index (χ1) is 14.8. The van der Waals surface area contributed by atoms with Gasteiger partial charge in [0.05, 0.1) is 6.04 Å². The first-order valence-corrected chi connectivity index (χ1v) is 11.0. The van der Waals surface area contributed by atoms with Gasteiger partial charge in [0.1, 0.15) is 11.6 Å². The molecule has 0 unspecified atom stereocenters. The minimum absolute atomic E-state index is 0.0222. The third-order valence-electron chi connectivity index (χ3n) is 5.51. The minimum Gasteiger partial charge on any atom is -0.481 e. The van der Waals surface area contributed by atoms with Crippen molar-refractivity contribution >= 4 is 11.8 Å². The van der Waals surface area contributed by atoms with Gasteiger partial charge in [-0.1, -0.05) is 32.0 Å². The summed E-state index contributed by atoms with van der Waals surface area (Å²) in [5.74, 6) is 0.0997. The van der Waals surface area contributed by atoms with Crippen LogP contribution < -0.4 is 10.1 Å². The maximum Gasteiger partial charge on any atom is 0.261 e. The molecule has 0 aliphatic carbocycles. The van der Waals surface area contributed by atoms with Crippen LogP contribution in [0.1, 0.15) is 63.3 Å². The lowest BCUT2D eigenvalue weighted by Gasteiger charge is -2.38. The summed E-state index contributed by atoms with van der Waals surface area (Å²) in [6.45, 7) is 8.13. The van der Waals surface area contributed by atoms with Crippen LogP contribution in [-0.4, -0.2) is 35.4 Å².